The van der Waals surface area contributed by atoms with E-state index in [2.05, 4.69) is 0 Å². The maximum atomic E-state index is 11.7. The molecule has 1 fully saturated rings. The van der Waals surface area contributed by atoms with Crippen LogP contribution in [-0.4, -0.2) is 59.2 Å². The van der Waals surface area contributed by atoms with Gasteiger partial charge in [-0.3, -0.25) is 9.59 Å². The van der Waals surface area contributed by atoms with Crippen LogP contribution in [0, 0.1) is 0 Å². The minimum Gasteiger partial charge on any atom is -0.542 e. The minimum atomic E-state index is -5.19. The molecule has 13 heteroatoms. The summed E-state index contributed by atoms with van der Waals surface area (Å²) in [5, 5.41) is 29.1. The van der Waals surface area contributed by atoms with E-state index in [-0.39, 0.29) is 18.1 Å². The quantitative estimate of drug-likeness (QED) is 0.252. The zero-order valence-electron chi connectivity index (χ0n) is 17.2. The van der Waals surface area contributed by atoms with Crippen molar-refractivity contribution < 1.29 is 56.9 Å². The summed E-state index contributed by atoms with van der Waals surface area (Å²) in [6.45, 7) is 1.90. The molecule has 0 aliphatic carbocycles. The fourth-order valence-corrected chi connectivity index (χ4v) is 2.68. The van der Waals surface area contributed by atoms with Crippen LogP contribution in [0.3, 0.4) is 0 Å². The van der Waals surface area contributed by atoms with Gasteiger partial charge < -0.3 is 35.3 Å². The van der Waals surface area contributed by atoms with Crippen molar-refractivity contribution in [3.63, 3.8) is 0 Å². The minimum absolute atomic E-state index is 0.143. The lowest BCUT2D eigenvalue weighted by molar-refractivity contribution is -0.765. The van der Waals surface area contributed by atoms with Gasteiger partial charge in [-0.15, -0.1) is 0 Å². The van der Waals surface area contributed by atoms with E-state index in [1.54, 1.807) is 12.3 Å². The zero-order chi connectivity index (χ0) is 24.5. The van der Waals surface area contributed by atoms with Gasteiger partial charge in [-0.25, -0.2) is 0 Å². The van der Waals surface area contributed by atoms with E-state index in [1.807, 2.05) is 6.92 Å². The summed E-state index contributed by atoms with van der Waals surface area (Å²) in [5.41, 5.74) is 5.49. The first-order chi connectivity index (χ1) is 14.9. The number of nitrogens with zero attached hydrogens (tertiary/aromatic N) is 1. The van der Waals surface area contributed by atoms with Crippen LogP contribution in [0.15, 0.2) is 24.5 Å². The van der Waals surface area contributed by atoms with Gasteiger partial charge in [0.2, 0.25) is 0 Å². The van der Waals surface area contributed by atoms with Crippen LogP contribution >= 0.6 is 0 Å². The third-order valence-electron chi connectivity index (χ3n) is 4.36. The molecule has 2 heterocycles. The van der Waals surface area contributed by atoms with Crippen molar-refractivity contribution in [2.75, 3.05) is 6.61 Å². The predicted octanol–water partition coefficient (Wildman–Crippen LogP) is -0.886. The molecule has 0 aromatic carbocycles. The molecule has 1 aliphatic rings. The highest BCUT2D eigenvalue weighted by atomic mass is 19.4. The topological polar surface area (TPSA) is 163 Å². The highest BCUT2D eigenvalue weighted by Gasteiger charge is 2.48. The molecule has 0 radical (unpaired) electrons. The number of esters is 1. The normalized spacial score (nSPS) is 22.6. The monoisotopic (exact) mass is 466 g/mol. The number of aliphatic hydroxyl groups excluding tert-OH is 2. The molecule has 0 unspecified atom stereocenters. The number of aliphatic carboxylic acids is 1. The number of rotatable bonds is 8. The lowest BCUT2D eigenvalue weighted by atomic mass is 10.1. The molecule has 1 saturated heterocycles. The van der Waals surface area contributed by atoms with Crippen LogP contribution in [0.5, 0.6) is 0 Å². The third-order valence-corrected chi connectivity index (χ3v) is 4.36. The molecule has 0 bridgehead atoms. The number of carboxylic acid groups (broad SMARTS) is 1. The number of ether oxygens (including phenoxy) is 2. The second-order valence-electron chi connectivity index (χ2n) is 6.88. The number of aromatic nitrogens is 1. The van der Waals surface area contributed by atoms with Gasteiger partial charge in [0.1, 0.15) is 30.3 Å². The molecular weight excluding hydrogens is 441 g/mol. The Labute approximate surface area is 181 Å². The molecule has 10 nitrogen and oxygen atoms in total. The summed E-state index contributed by atoms with van der Waals surface area (Å²) in [4.78, 5) is 31.7. The Morgan fingerprint density at radius 2 is 1.88 bits per heavy atom. The fraction of sp³-hybridized carbons (Fsp3) is 0.579. The molecule has 1 aromatic rings. The van der Waals surface area contributed by atoms with Crippen molar-refractivity contribution in [2.24, 2.45) is 5.73 Å². The number of aliphatic hydroxyl groups is 2. The number of nitrogens with two attached hydrogens (primary N) is 1. The SMILES string of the molecule is CCCCCC(=O)OC[C@H]1O[C@@H]([n+]2cccc(C(N)=O)c2)[C@H](O)[C@@H]1O.O=C([O-])C(F)(F)F. The van der Waals surface area contributed by atoms with Crippen molar-refractivity contribution in [1.82, 2.24) is 0 Å². The van der Waals surface area contributed by atoms with Gasteiger partial charge in [-0.05, 0) is 12.5 Å². The number of carboxylic acids is 1. The molecular formula is C19H25F3N2O8. The Kier molecular flexibility index (Phi) is 10.5. The van der Waals surface area contributed by atoms with E-state index in [4.69, 9.17) is 25.1 Å². The summed E-state index contributed by atoms with van der Waals surface area (Å²) in [5.74, 6) is -3.97. The Balaban J connectivity index is 0.000000633. The standard InChI is InChI=1S/C17H24N2O6.C2HF3O2/c1-2-3-4-7-13(20)24-10-12-14(21)15(22)17(25-12)19-8-5-6-11(9-19)16(18)23;3-2(4,5)1(6)7/h5-6,8-9,12,14-15,17,21-22H,2-4,7,10H2,1H3,(H-,18,23);(H,6,7)/t12-,14-,15-,17-;/m1./s1. The smallest absolute Gasteiger partial charge is 0.430 e. The maximum absolute atomic E-state index is 11.7. The van der Waals surface area contributed by atoms with Gasteiger partial charge in [0.05, 0.1) is 0 Å². The number of halogens is 3. The zero-order valence-corrected chi connectivity index (χ0v) is 17.2. The summed E-state index contributed by atoms with van der Waals surface area (Å²) in [7, 11) is 0. The summed E-state index contributed by atoms with van der Waals surface area (Å²) in [6.07, 6.45) is -3.33. The number of carbonyl (C=O) groups is 3. The van der Waals surface area contributed by atoms with Crippen molar-refractivity contribution in [1.29, 1.82) is 0 Å². The Bertz CT molecular complexity index is 790. The number of hydrogen-bond acceptors (Lipinski definition) is 8. The van der Waals surface area contributed by atoms with E-state index >= 15 is 0 Å². The van der Waals surface area contributed by atoms with Crippen molar-refractivity contribution in [3.8, 4) is 0 Å². The molecule has 180 valence electrons. The van der Waals surface area contributed by atoms with Crippen molar-refractivity contribution in [3.05, 3.63) is 30.1 Å². The molecule has 1 aliphatic heterocycles. The van der Waals surface area contributed by atoms with E-state index < -0.39 is 42.6 Å². The van der Waals surface area contributed by atoms with E-state index in [0.717, 1.165) is 19.3 Å². The summed E-state index contributed by atoms with van der Waals surface area (Å²) >= 11 is 0. The first kappa shape index (κ1) is 27.3. The molecule has 1 amide bonds. The second-order valence-corrected chi connectivity index (χ2v) is 6.88. The van der Waals surface area contributed by atoms with Gasteiger partial charge >= 0.3 is 12.1 Å². The molecule has 2 rings (SSSR count). The van der Waals surface area contributed by atoms with Gasteiger partial charge in [-0.2, -0.15) is 17.7 Å². The van der Waals surface area contributed by atoms with Crippen LogP contribution in [0.2, 0.25) is 0 Å². The maximum Gasteiger partial charge on any atom is 0.430 e. The molecule has 32 heavy (non-hydrogen) atoms. The molecule has 0 spiro atoms. The average molecular weight is 466 g/mol. The molecule has 4 N–H and O–H groups in total. The highest BCUT2D eigenvalue weighted by Crippen LogP contribution is 2.26. The first-order valence-corrected chi connectivity index (χ1v) is 9.64. The number of primary amides is 1. The second kappa shape index (κ2) is 12.3. The average Bonchev–Trinajstić information content (AvgIpc) is 3.01. The van der Waals surface area contributed by atoms with Gasteiger partial charge in [0.25, 0.3) is 12.1 Å². The number of amides is 1. The number of pyridine rings is 1. The van der Waals surface area contributed by atoms with Crippen LogP contribution < -0.4 is 15.4 Å². The lowest BCUT2D eigenvalue weighted by Gasteiger charge is -2.13. The largest absolute Gasteiger partial charge is 0.542 e. The molecule has 1 aromatic heterocycles. The van der Waals surface area contributed by atoms with E-state index in [9.17, 15) is 33.0 Å². The summed E-state index contributed by atoms with van der Waals surface area (Å²) < 4.78 is 43.7. The Morgan fingerprint density at radius 1 is 1.25 bits per heavy atom. The van der Waals surface area contributed by atoms with Crippen molar-refractivity contribution >= 4 is 17.8 Å². The Morgan fingerprint density at radius 3 is 2.41 bits per heavy atom. The highest BCUT2D eigenvalue weighted by molar-refractivity contribution is 5.92. The Hall–Kier alpha value is -2.77. The van der Waals surface area contributed by atoms with Gasteiger partial charge in [0, 0.05) is 12.5 Å². The van der Waals surface area contributed by atoms with Crippen LogP contribution in [-0.2, 0) is 19.1 Å². The van der Waals surface area contributed by atoms with Gasteiger partial charge in [0.15, 0.2) is 18.5 Å². The van der Waals surface area contributed by atoms with Crippen LogP contribution in [0.4, 0.5) is 13.2 Å². The first-order valence-electron chi connectivity index (χ1n) is 9.64. The van der Waals surface area contributed by atoms with Crippen LogP contribution in [0.25, 0.3) is 0 Å². The van der Waals surface area contributed by atoms with E-state index in [0.29, 0.717) is 6.42 Å². The molecule has 0 saturated carbocycles. The van der Waals surface area contributed by atoms with Crippen molar-refractivity contribution in [2.45, 2.75) is 63.3 Å². The number of alkyl halides is 3. The van der Waals surface area contributed by atoms with E-state index in [1.165, 1.54) is 16.8 Å². The predicted molar refractivity (Wildman–Crippen MR) is 97.2 cm³/mol. The number of hydrogen-bond donors (Lipinski definition) is 3. The number of unbranched alkanes of at least 4 members (excludes halogenated alkanes) is 2. The fourth-order valence-electron chi connectivity index (χ4n) is 2.68. The van der Waals surface area contributed by atoms with Crippen LogP contribution in [0.1, 0.15) is 49.2 Å². The summed E-state index contributed by atoms with van der Waals surface area (Å²) in [6, 6.07) is 3.12. The lowest BCUT2D eigenvalue weighted by Crippen LogP contribution is -2.46. The third kappa shape index (κ3) is 8.40. The van der Waals surface area contributed by atoms with Gasteiger partial charge in [-0.1, -0.05) is 19.8 Å². The molecule has 4 atom stereocenters. The number of carbonyl (C=O) groups excluding carboxylic acids is 3.